The first-order valence-corrected chi connectivity index (χ1v) is 9.01. The summed E-state index contributed by atoms with van der Waals surface area (Å²) in [5, 5.41) is 11.4. The van der Waals surface area contributed by atoms with E-state index in [9.17, 15) is 4.79 Å². The molecular weight excluding hydrogens is 328 g/mol. The third kappa shape index (κ3) is 3.60. The molecule has 2 aromatic heterocycles. The van der Waals surface area contributed by atoms with Crippen LogP contribution in [0.3, 0.4) is 0 Å². The van der Waals surface area contributed by atoms with Crippen LogP contribution in [0.1, 0.15) is 46.3 Å². The molecule has 134 valence electrons. The predicted octanol–water partition coefficient (Wildman–Crippen LogP) is 2.93. The summed E-state index contributed by atoms with van der Waals surface area (Å²) < 4.78 is 5.38. The van der Waals surface area contributed by atoms with E-state index in [1.807, 2.05) is 31.2 Å². The molecule has 1 saturated heterocycles. The number of aromatic nitrogens is 2. The molecular formula is C20H22N4O2. The van der Waals surface area contributed by atoms with Crippen molar-refractivity contribution in [1.82, 2.24) is 20.8 Å². The van der Waals surface area contributed by atoms with E-state index >= 15 is 0 Å². The van der Waals surface area contributed by atoms with E-state index in [0.29, 0.717) is 23.9 Å². The van der Waals surface area contributed by atoms with Crippen LogP contribution in [0.2, 0.25) is 0 Å². The number of nitrogens with zero attached hydrogens (tertiary/aromatic N) is 2. The topological polar surface area (TPSA) is 80.0 Å². The number of rotatable bonds is 4. The van der Waals surface area contributed by atoms with Crippen molar-refractivity contribution in [2.24, 2.45) is 0 Å². The molecule has 0 atom stereocenters. The molecule has 2 N–H and O–H groups in total. The number of hydrogen-bond acceptors (Lipinski definition) is 5. The van der Waals surface area contributed by atoms with Gasteiger partial charge in [0.05, 0.1) is 17.8 Å². The maximum Gasteiger partial charge on any atom is 0.270 e. The first-order valence-electron chi connectivity index (χ1n) is 9.01. The van der Waals surface area contributed by atoms with Crippen LogP contribution < -0.4 is 10.6 Å². The zero-order chi connectivity index (χ0) is 17.9. The lowest BCUT2D eigenvalue weighted by Crippen LogP contribution is -2.26. The number of amides is 1. The Morgan fingerprint density at radius 3 is 2.92 bits per heavy atom. The number of fused-ring (bicyclic) bond motifs is 1. The van der Waals surface area contributed by atoms with Crippen molar-refractivity contribution in [1.29, 1.82) is 0 Å². The van der Waals surface area contributed by atoms with Crippen LogP contribution >= 0.6 is 0 Å². The highest BCUT2D eigenvalue weighted by atomic mass is 16.5. The Labute approximate surface area is 152 Å². The predicted molar refractivity (Wildman–Crippen MR) is 99.0 cm³/mol. The summed E-state index contributed by atoms with van der Waals surface area (Å²) >= 11 is 0. The fourth-order valence-corrected chi connectivity index (χ4v) is 3.35. The number of benzene rings is 1. The van der Waals surface area contributed by atoms with Crippen LogP contribution in [-0.2, 0) is 6.54 Å². The standard InChI is InChI=1S/C20H22N4O2/c1-13-2-4-17-15(10-13)3-5-18(23-17)20(25)22-12-16-11-19(24-26-16)14-6-8-21-9-7-14/h2-5,10-11,14,21H,6-9,12H2,1H3,(H,22,25). The highest BCUT2D eigenvalue weighted by molar-refractivity contribution is 5.94. The molecule has 3 aromatic rings. The molecule has 3 heterocycles. The lowest BCUT2D eigenvalue weighted by atomic mass is 9.95. The van der Waals surface area contributed by atoms with Gasteiger partial charge in [-0.1, -0.05) is 22.9 Å². The summed E-state index contributed by atoms with van der Waals surface area (Å²) in [4.78, 5) is 16.8. The fourth-order valence-electron chi connectivity index (χ4n) is 3.35. The van der Waals surface area contributed by atoms with Gasteiger partial charge in [0.15, 0.2) is 5.76 Å². The summed E-state index contributed by atoms with van der Waals surface area (Å²) in [5.74, 6) is 0.894. The van der Waals surface area contributed by atoms with Gasteiger partial charge in [0.2, 0.25) is 0 Å². The molecule has 4 rings (SSSR count). The highest BCUT2D eigenvalue weighted by Crippen LogP contribution is 2.24. The normalized spacial score (nSPS) is 15.3. The van der Waals surface area contributed by atoms with E-state index in [4.69, 9.17) is 4.52 Å². The van der Waals surface area contributed by atoms with Crippen molar-refractivity contribution in [2.45, 2.75) is 32.2 Å². The quantitative estimate of drug-likeness (QED) is 0.756. The molecule has 1 fully saturated rings. The van der Waals surface area contributed by atoms with Gasteiger partial charge >= 0.3 is 0 Å². The van der Waals surface area contributed by atoms with Crippen LogP contribution in [0.4, 0.5) is 0 Å². The average molecular weight is 350 g/mol. The summed E-state index contributed by atoms with van der Waals surface area (Å²) in [6.07, 6.45) is 2.14. The number of nitrogens with one attached hydrogen (secondary N) is 2. The Morgan fingerprint density at radius 1 is 1.23 bits per heavy atom. The first-order chi connectivity index (χ1) is 12.7. The summed E-state index contributed by atoms with van der Waals surface area (Å²) in [6, 6.07) is 11.6. The summed E-state index contributed by atoms with van der Waals surface area (Å²) in [5.41, 5.74) is 3.37. The number of aryl methyl sites for hydroxylation is 1. The van der Waals surface area contributed by atoms with Gasteiger partial charge in [0, 0.05) is 17.4 Å². The van der Waals surface area contributed by atoms with Gasteiger partial charge in [-0.15, -0.1) is 0 Å². The molecule has 0 saturated carbocycles. The maximum absolute atomic E-state index is 12.4. The van der Waals surface area contributed by atoms with Crippen LogP contribution in [0.5, 0.6) is 0 Å². The molecule has 1 aromatic carbocycles. The summed E-state index contributed by atoms with van der Waals surface area (Å²) in [7, 11) is 0. The molecule has 1 aliphatic heterocycles. The van der Waals surface area contributed by atoms with Gasteiger partial charge < -0.3 is 15.2 Å². The van der Waals surface area contributed by atoms with Gasteiger partial charge in [-0.25, -0.2) is 4.98 Å². The van der Waals surface area contributed by atoms with E-state index in [1.165, 1.54) is 5.56 Å². The number of pyridine rings is 1. The zero-order valence-corrected chi connectivity index (χ0v) is 14.8. The number of carbonyl (C=O) groups excluding carboxylic acids is 1. The Bertz CT molecular complexity index is 928. The Hall–Kier alpha value is -2.73. The minimum Gasteiger partial charge on any atom is -0.359 e. The SMILES string of the molecule is Cc1ccc2nc(C(=O)NCc3cc(C4CCNCC4)no3)ccc2c1. The molecule has 0 unspecified atom stereocenters. The Balaban J connectivity index is 1.40. The Morgan fingerprint density at radius 2 is 2.08 bits per heavy atom. The monoisotopic (exact) mass is 350 g/mol. The molecule has 0 bridgehead atoms. The highest BCUT2D eigenvalue weighted by Gasteiger charge is 2.19. The first kappa shape index (κ1) is 16.7. The fraction of sp³-hybridized carbons (Fsp3) is 0.350. The smallest absolute Gasteiger partial charge is 0.270 e. The Kier molecular flexibility index (Phi) is 4.67. The number of hydrogen-bond donors (Lipinski definition) is 2. The van der Waals surface area contributed by atoms with E-state index in [2.05, 4.69) is 26.8 Å². The minimum atomic E-state index is -0.215. The van der Waals surface area contributed by atoms with Crippen molar-refractivity contribution < 1.29 is 9.32 Å². The van der Waals surface area contributed by atoms with E-state index in [0.717, 1.165) is 42.5 Å². The molecule has 0 radical (unpaired) electrons. The van der Waals surface area contributed by atoms with Gasteiger partial charge in [0.25, 0.3) is 5.91 Å². The van der Waals surface area contributed by atoms with E-state index in [1.54, 1.807) is 6.07 Å². The second-order valence-electron chi connectivity index (χ2n) is 6.82. The van der Waals surface area contributed by atoms with Gasteiger partial charge in [-0.05, 0) is 51.1 Å². The molecule has 6 heteroatoms. The van der Waals surface area contributed by atoms with Crippen molar-refractivity contribution in [3.05, 3.63) is 59.1 Å². The summed E-state index contributed by atoms with van der Waals surface area (Å²) in [6.45, 7) is 4.37. The molecule has 6 nitrogen and oxygen atoms in total. The van der Waals surface area contributed by atoms with Gasteiger partial charge in [-0.2, -0.15) is 0 Å². The van der Waals surface area contributed by atoms with Crippen molar-refractivity contribution in [3.63, 3.8) is 0 Å². The molecule has 26 heavy (non-hydrogen) atoms. The van der Waals surface area contributed by atoms with Crippen LogP contribution in [0.15, 0.2) is 40.9 Å². The zero-order valence-electron chi connectivity index (χ0n) is 14.8. The largest absolute Gasteiger partial charge is 0.359 e. The lowest BCUT2D eigenvalue weighted by molar-refractivity contribution is 0.0942. The number of piperidine rings is 1. The van der Waals surface area contributed by atoms with Crippen LogP contribution in [-0.4, -0.2) is 29.1 Å². The minimum absolute atomic E-state index is 0.215. The maximum atomic E-state index is 12.4. The van der Waals surface area contributed by atoms with Crippen LogP contribution in [0, 0.1) is 6.92 Å². The third-order valence-electron chi connectivity index (χ3n) is 4.84. The lowest BCUT2D eigenvalue weighted by Gasteiger charge is -2.19. The molecule has 0 spiro atoms. The molecule has 1 aliphatic rings. The van der Waals surface area contributed by atoms with Gasteiger partial charge in [0.1, 0.15) is 5.69 Å². The van der Waals surface area contributed by atoms with E-state index < -0.39 is 0 Å². The van der Waals surface area contributed by atoms with Crippen molar-refractivity contribution in [3.8, 4) is 0 Å². The van der Waals surface area contributed by atoms with Crippen LogP contribution in [0.25, 0.3) is 10.9 Å². The van der Waals surface area contributed by atoms with Crippen molar-refractivity contribution in [2.75, 3.05) is 13.1 Å². The second kappa shape index (κ2) is 7.25. The molecule has 0 aliphatic carbocycles. The third-order valence-corrected chi connectivity index (χ3v) is 4.84. The van der Waals surface area contributed by atoms with Gasteiger partial charge in [-0.3, -0.25) is 4.79 Å². The number of carbonyl (C=O) groups is 1. The average Bonchev–Trinajstić information content (AvgIpc) is 3.15. The van der Waals surface area contributed by atoms with E-state index in [-0.39, 0.29) is 5.91 Å². The van der Waals surface area contributed by atoms with Crippen molar-refractivity contribution >= 4 is 16.8 Å². The molecule has 1 amide bonds. The second-order valence-corrected chi connectivity index (χ2v) is 6.82.